The molecule has 0 heterocycles. The number of ketones is 1. The summed E-state index contributed by atoms with van der Waals surface area (Å²) >= 11 is 0. The van der Waals surface area contributed by atoms with Crippen molar-refractivity contribution in [1.29, 1.82) is 0 Å². The zero-order chi connectivity index (χ0) is 12.3. The lowest BCUT2D eigenvalue weighted by Gasteiger charge is -2.39. The molecule has 0 aliphatic heterocycles. The van der Waals surface area contributed by atoms with Gasteiger partial charge in [0.25, 0.3) is 0 Å². The van der Waals surface area contributed by atoms with Gasteiger partial charge in [0.05, 0.1) is 0 Å². The van der Waals surface area contributed by atoms with Crippen LogP contribution < -0.4 is 5.73 Å². The molecule has 0 aromatic heterocycles. The molecule has 1 aromatic rings. The third-order valence-corrected chi connectivity index (χ3v) is 3.94. The highest BCUT2D eigenvalue weighted by Gasteiger charge is 2.42. The smallest absolute Gasteiger partial charge is 0.170 e. The van der Waals surface area contributed by atoms with Gasteiger partial charge in [0, 0.05) is 17.5 Å². The number of aryl methyl sites for hydroxylation is 1. The monoisotopic (exact) mass is 231 g/mol. The molecule has 0 spiro atoms. The summed E-state index contributed by atoms with van der Waals surface area (Å²) in [6, 6.07) is 8.06. The molecule has 2 rings (SSSR count). The Hall–Kier alpha value is -1.15. The zero-order valence-corrected chi connectivity index (χ0v) is 10.5. The van der Waals surface area contributed by atoms with Gasteiger partial charge in [-0.15, -0.1) is 0 Å². The van der Waals surface area contributed by atoms with Crippen molar-refractivity contribution in [3.05, 3.63) is 35.4 Å². The second kappa shape index (κ2) is 5.01. The molecule has 2 nitrogen and oxygen atoms in total. The van der Waals surface area contributed by atoms with Crippen molar-refractivity contribution < 1.29 is 4.79 Å². The molecule has 1 saturated carbocycles. The van der Waals surface area contributed by atoms with Gasteiger partial charge in [-0.25, -0.2) is 0 Å². The molecule has 1 fully saturated rings. The van der Waals surface area contributed by atoms with Crippen LogP contribution in [0.4, 0.5) is 0 Å². The van der Waals surface area contributed by atoms with E-state index in [4.69, 9.17) is 5.73 Å². The molecule has 0 unspecified atom stereocenters. The van der Waals surface area contributed by atoms with Crippen molar-refractivity contribution >= 4 is 5.78 Å². The van der Waals surface area contributed by atoms with Crippen LogP contribution in [0.3, 0.4) is 0 Å². The van der Waals surface area contributed by atoms with Crippen molar-refractivity contribution in [1.82, 2.24) is 0 Å². The molecule has 17 heavy (non-hydrogen) atoms. The predicted octanol–water partition coefficient (Wildman–Crippen LogP) is 2.95. The van der Waals surface area contributed by atoms with Gasteiger partial charge in [-0.3, -0.25) is 4.79 Å². The van der Waals surface area contributed by atoms with Crippen molar-refractivity contribution in [2.24, 2.45) is 11.1 Å². The minimum atomic E-state index is -0.244. The molecule has 1 aliphatic rings. The minimum absolute atomic E-state index is 0.244. The standard InChI is InChI=1S/C15H21NO/c1-2-4-12-5-7-13(8-6-12)14(17)15(11-16)9-3-10-15/h5-8H,2-4,9-11,16H2,1H3. The second-order valence-electron chi connectivity index (χ2n) is 5.11. The maximum Gasteiger partial charge on any atom is 0.170 e. The number of rotatable bonds is 5. The summed E-state index contributed by atoms with van der Waals surface area (Å²) in [7, 11) is 0. The van der Waals surface area contributed by atoms with Crippen molar-refractivity contribution in [3.8, 4) is 0 Å². The highest BCUT2D eigenvalue weighted by molar-refractivity contribution is 6.01. The topological polar surface area (TPSA) is 43.1 Å². The zero-order valence-electron chi connectivity index (χ0n) is 10.5. The van der Waals surface area contributed by atoms with Crippen LogP contribution in [0.25, 0.3) is 0 Å². The summed E-state index contributed by atoms with van der Waals surface area (Å²) in [5.74, 6) is 0.245. The highest BCUT2D eigenvalue weighted by Crippen LogP contribution is 2.42. The maximum absolute atomic E-state index is 12.4. The summed E-state index contributed by atoms with van der Waals surface area (Å²) in [6.07, 6.45) is 5.27. The summed E-state index contributed by atoms with van der Waals surface area (Å²) in [4.78, 5) is 12.4. The molecule has 0 atom stereocenters. The molecule has 0 bridgehead atoms. The third-order valence-electron chi connectivity index (χ3n) is 3.94. The average Bonchev–Trinajstić information content (AvgIpc) is 2.29. The molecule has 0 radical (unpaired) electrons. The molecule has 1 aliphatic carbocycles. The number of Topliss-reactive ketones (excluding diaryl/α,β-unsaturated/α-hetero) is 1. The third kappa shape index (κ3) is 2.27. The molecular weight excluding hydrogens is 210 g/mol. The number of nitrogens with two attached hydrogens (primary N) is 1. The van der Waals surface area contributed by atoms with E-state index in [0.29, 0.717) is 6.54 Å². The average molecular weight is 231 g/mol. The van der Waals surface area contributed by atoms with Crippen LogP contribution in [-0.4, -0.2) is 12.3 Å². The van der Waals surface area contributed by atoms with Gasteiger partial charge in [-0.2, -0.15) is 0 Å². The van der Waals surface area contributed by atoms with Gasteiger partial charge in [0.15, 0.2) is 5.78 Å². The maximum atomic E-state index is 12.4. The Morgan fingerprint density at radius 3 is 2.35 bits per heavy atom. The highest BCUT2D eigenvalue weighted by atomic mass is 16.1. The lowest BCUT2D eigenvalue weighted by Crippen LogP contribution is -2.44. The van der Waals surface area contributed by atoms with Gasteiger partial charge in [0.1, 0.15) is 0 Å². The number of carbonyl (C=O) groups excluding carboxylic acids is 1. The molecule has 0 amide bonds. The van der Waals surface area contributed by atoms with Crippen LogP contribution >= 0.6 is 0 Å². The van der Waals surface area contributed by atoms with Crippen LogP contribution in [0.1, 0.15) is 48.5 Å². The van der Waals surface area contributed by atoms with Crippen molar-refractivity contribution in [3.63, 3.8) is 0 Å². The molecule has 2 heteroatoms. The Kier molecular flexibility index (Phi) is 3.63. The first-order chi connectivity index (χ1) is 8.22. The van der Waals surface area contributed by atoms with Crippen molar-refractivity contribution in [2.75, 3.05) is 6.54 Å². The summed E-state index contributed by atoms with van der Waals surface area (Å²) in [5, 5.41) is 0. The van der Waals surface area contributed by atoms with E-state index in [9.17, 15) is 4.79 Å². The van der Waals surface area contributed by atoms with Crippen LogP contribution in [0.15, 0.2) is 24.3 Å². The first kappa shape index (κ1) is 12.3. The van der Waals surface area contributed by atoms with Crippen LogP contribution in [0.2, 0.25) is 0 Å². The largest absolute Gasteiger partial charge is 0.329 e. The number of carbonyl (C=O) groups is 1. The van der Waals surface area contributed by atoms with E-state index in [2.05, 4.69) is 19.1 Å². The van der Waals surface area contributed by atoms with E-state index in [1.165, 1.54) is 5.56 Å². The molecule has 2 N–H and O–H groups in total. The first-order valence-corrected chi connectivity index (χ1v) is 6.56. The Morgan fingerprint density at radius 1 is 1.29 bits per heavy atom. The van der Waals surface area contributed by atoms with Crippen LogP contribution in [0, 0.1) is 5.41 Å². The Bertz CT molecular complexity index is 384. The van der Waals surface area contributed by atoms with E-state index in [1.807, 2.05) is 12.1 Å². The lowest BCUT2D eigenvalue weighted by atomic mass is 9.64. The Balaban J connectivity index is 2.14. The van der Waals surface area contributed by atoms with Crippen LogP contribution in [0.5, 0.6) is 0 Å². The number of benzene rings is 1. The number of hydrogen-bond donors (Lipinski definition) is 1. The summed E-state index contributed by atoms with van der Waals surface area (Å²) in [5.41, 5.74) is 7.65. The second-order valence-corrected chi connectivity index (χ2v) is 5.11. The van der Waals surface area contributed by atoms with E-state index < -0.39 is 0 Å². The van der Waals surface area contributed by atoms with E-state index in [0.717, 1.165) is 37.7 Å². The van der Waals surface area contributed by atoms with Gasteiger partial charge >= 0.3 is 0 Å². The van der Waals surface area contributed by atoms with Gasteiger partial charge in [-0.05, 0) is 24.8 Å². The first-order valence-electron chi connectivity index (χ1n) is 6.56. The fraction of sp³-hybridized carbons (Fsp3) is 0.533. The SMILES string of the molecule is CCCc1ccc(C(=O)C2(CN)CCC2)cc1. The minimum Gasteiger partial charge on any atom is -0.329 e. The fourth-order valence-electron chi connectivity index (χ4n) is 2.55. The molecular formula is C15H21NO. The van der Waals surface area contributed by atoms with E-state index in [-0.39, 0.29) is 11.2 Å². The van der Waals surface area contributed by atoms with Crippen molar-refractivity contribution in [2.45, 2.75) is 39.0 Å². The van der Waals surface area contributed by atoms with E-state index >= 15 is 0 Å². The normalized spacial score (nSPS) is 17.5. The molecule has 1 aromatic carbocycles. The summed E-state index contributed by atoms with van der Waals surface area (Å²) in [6.45, 7) is 2.65. The lowest BCUT2D eigenvalue weighted by molar-refractivity contribution is 0.0636. The molecule has 92 valence electrons. The van der Waals surface area contributed by atoms with Gasteiger partial charge in [-0.1, -0.05) is 44.0 Å². The summed E-state index contributed by atoms with van der Waals surface area (Å²) < 4.78 is 0. The van der Waals surface area contributed by atoms with Gasteiger partial charge < -0.3 is 5.73 Å². The molecule has 0 saturated heterocycles. The predicted molar refractivity (Wildman–Crippen MR) is 70.1 cm³/mol. The van der Waals surface area contributed by atoms with Gasteiger partial charge in [0.2, 0.25) is 0 Å². The Morgan fingerprint density at radius 2 is 1.94 bits per heavy atom. The quantitative estimate of drug-likeness (QED) is 0.792. The Labute approximate surface area is 103 Å². The van der Waals surface area contributed by atoms with Crippen LogP contribution in [-0.2, 0) is 6.42 Å². The fourth-order valence-corrected chi connectivity index (χ4v) is 2.55. The van der Waals surface area contributed by atoms with E-state index in [1.54, 1.807) is 0 Å². The number of hydrogen-bond acceptors (Lipinski definition) is 2.